The molecule has 0 aliphatic carbocycles. The van der Waals surface area contributed by atoms with Crippen molar-refractivity contribution in [1.82, 2.24) is 4.98 Å². The zero-order valence-electron chi connectivity index (χ0n) is 14.0. The third kappa shape index (κ3) is 3.06. The van der Waals surface area contributed by atoms with Gasteiger partial charge in [0.2, 0.25) is 5.91 Å². The summed E-state index contributed by atoms with van der Waals surface area (Å²) in [5.41, 5.74) is 3.68. The highest BCUT2D eigenvalue weighted by atomic mass is 16.5. The van der Waals surface area contributed by atoms with Crippen LogP contribution in [0.5, 0.6) is 11.5 Å². The smallest absolute Gasteiger partial charge is 0.228 e. The minimum Gasteiger partial charge on any atom is -0.497 e. The van der Waals surface area contributed by atoms with E-state index in [4.69, 9.17) is 9.47 Å². The maximum atomic E-state index is 12.5. The first-order valence-corrected chi connectivity index (χ1v) is 7.70. The van der Waals surface area contributed by atoms with E-state index in [-0.39, 0.29) is 5.91 Å². The number of aryl methyl sites for hydroxylation is 1. The molecule has 0 spiro atoms. The van der Waals surface area contributed by atoms with Crippen LogP contribution < -0.4 is 14.8 Å². The lowest BCUT2D eigenvalue weighted by atomic mass is 10.1. The van der Waals surface area contributed by atoms with Crippen LogP contribution >= 0.6 is 0 Å². The number of hydrogen-bond acceptors (Lipinski definition) is 3. The second kappa shape index (κ2) is 6.66. The molecule has 5 heteroatoms. The number of aromatic nitrogens is 1. The number of rotatable bonds is 5. The lowest BCUT2D eigenvalue weighted by molar-refractivity contribution is -0.115. The van der Waals surface area contributed by atoms with Gasteiger partial charge in [0.15, 0.2) is 0 Å². The number of nitrogens with one attached hydrogen (secondary N) is 2. The number of fused-ring (bicyclic) bond motifs is 1. The molecule has 1 amide bonds. The lowest BCUT2D eigenvalue weighted by Crippen LogP contribution is -2.15. The average Bonchev–Trinajstić information content (AvgIpc) is 2.91. The molecule has 3 rings (SSSR count). The van der Waals surface area contributed by atoms with Gasteiger partial charge in [-0.2, -0.15) is 0 Å². The quantitative estimate of drug-likeness (QED) is 0.752. The number of anilines is 1. The molecule has 0 aliphatic heterocycles. The van der Waals surface area contributed by atoms with E-state index in [1.54, 1.807) is 32.4 Å². The summed E-state index contributed by atoms with van der Waals surface area (Å²) in [6.07, 6.45) is 0.297. The molecule has 0 atom stereocenters. The van der Waals surface area contributed by atoms with Crippen LogP contribution in [0.2, 0.25) is 0 Å². The summed E-state index contributed by atoms with van der Waals surface area (Å²) in [5, 5.41) is 3.99. The number of carbonyl (C=O) groups excluding carboxylic acids is 1. The molecule has 0 aliphatic rings. The number of amides is 1. The van der Waals surface area contributed by atoms with Gasteiger partial charge in [-0.3, -0.25) is 4.79 Å². The van der Waals surface area contributed by atoms with Gasteiger partial charge in [-0.25, -0.2) is 0 Å². The van der Waals surface area contributed by atoms with Crippen LogP contribution in [-0.4, -0.2) is 25.1 Å². The third-order valence-corrected chi connectivity index (χ3v) is 4.05. The summed E-state index contributed by atoms with van der Waals surface area (Å²) in [6.45, 7) is 1.98. The number of H-pyrrole nitrogens is 1. The van der Waals surface area contributed by atoms with E-state index in [1.165, 1.54) is 0 Å². The standard InChI is InChI=1S/C19H20N2O3/c1-12-15(14-6-4-5-7-16(14)20-12)11-19(22)21-17-9-8-13(23-2)10-18(17)24-3/h4-10,20H,11H2,1-3H3,(H,21,22). The zero-order valence-corrected chi connectivity index (χ0v) is 14.0. The van der Waals surface area contributed by atoms with Gasteiger partial charge in [0.05, 0.1) is 26.3 Å². The highest BCUT2D eigenvalue weighted by Gasteiger charge is 2.14. The van der Waals surface area contributed by atoms with Crippen LogP contribution in [-0.2, 0) is 11.2 Å². The van der Waals surface area contributed by atoms with E-state index in [0.29, 0.717) is 23.6 Å². The van der Waals surface area contributed by atoms with Crippen LogP contribution in [0.1, 0.15) is 11.3 Å². The summed E-state index contributed by atoms with van der Waals surface area (Å²) < 4.78 is 10.5. The molecule has 0 bridgehead atoms. The SMILES string of the molecule is COc1ccc(NC(=O)Cc2c(C)[nH]c3ccccc23)c(OC)c1. The maximum absolute atomic E-state index is 12.5. The van der Waals surface area contributed by atoms with Crippen LogP contribution in [0.4, 0.5) is 5.69 Å². The van der Waals surface area contributed by atoms with Gasteiger partial charge in [-0.15, -0.1) is 0 Å². The average molecular weight is 324 g/mol. The Morgan fingerprint density at radius 1 is 1.12 bits per heavy atom. The van der Waals surface area contributed by atoms with Crippen molar-refractivity contribution in [2.45, 2.75) is 13.3 Å². The van der Waals surface area contributed by atoms with E-state index in [0.717, 1.165) is 22.2 Å². The topological polar surface area (TPSA) is 63.3 Å². The fourth-order valence-electron chi connectivity index (χ4n) is 2.82. The summed E-state index contributed by atoms with van der Waals surface area (Å²) >= 11 is 0. The van der Waals surface area contributed by atoms with Crippen molar-refractivity contribution < 1.29 is 14.3 Å². The summed E-state index contributed by atoms with van der Waals surface area (Å²) in [6, 6.07) is 13.3. The van der Waals surface area contributed by atoms with Crippen molar-refractivity contribution in [1.29, 1.82) is 0 Å². The van der Waals surface area contributed by atoms with Crippen molar-refractivity contribution in [3.63, 3.8) is 0 Å². The summed E-state index contributed by atoms with van der Waals surface area (Å²) in [4.78, 5) is 15.8. The lowest BCUT2D eigenvalue weighted by Gasteiger charge is -2.11. The normalized spacial score (nSPS) is 10.6. The first-order chi connectivity index (χ1) is 11.6. The largest absolute Gasteiger partial charge is 0.497 e. The minimum absolute atomic E-state index is 0.0914. The molecule has 5 nitrogen and oxygen atoms in total. The Balaban J connectivity index is 1.82. The van der Waals surface area contributed by atoms with Gasteiger partial charge in [-0.05, 0) is 30.7 Å². The molecule has 24 heavy (non-hydrogen) atoms. The molecule has 0 radical (unpaired) electrons. The molecule has 0 fully saturated rings. The number of benzene rings is 2. The van der Waals surface area contributed by atoms with Crippen LogP contribution in [0.25, 0.3) is 10.9 Å². The monoisotopic (exact) mass is 324 g/mol. The molecule has 1 aromatic heterocycles. The Kier molecular flexibility index (Phi) is 4.42. The Morgan fingerprint density at radius 2 is 1.92 bits per heavy atom. The van der Waals surface area contributed by atoms with E-state index < -0.39 is 0 Å². The van der Waals surface area contributed by atoms with E-state index in [9.17, 15) is 4.79 Å². The number of carbonyl (C=O) groups is 1. The number of methoxy groups -OCH3 is 2. The first kappa shape index (κ1) is 15.9. The van der Waals surface area contributed by atoms with Gasteiger partial charge in [-0.1, -0.05) is 18.2 Å². The summed E-state index contributed by atoms with van der Waals surface area (Å²) in [5.74, 6) is 1.15. The third-order valence-electron chi connectivity index (χ3n) is 4.05. The zero-order chi connectivity index (χ0) is 17.1. The molecule has 0 saturated heterocycles. The number of hydrogen-bond donors (Lipinski definition) is 2. The van der Waals surface area contributed by atoms with Crippen molar-refractivity contribution in [3.8, 4) is 11.5 Å². The molecule has 124 valence electrons. The van der Waals surface area contributed by atoms with Crippen molar-refractivity contribution in [2.75, 3.05) is 19.5 Å². The highest BCUT2D eigenvalue weighted by molar-refractivity contribution is 5.97. The highest BCUT2D eigenvalue weighted by Crippen LogP contribution is 2.29. The van der Waals surface area contributed by atoms with E-state index >= 15 is 0 Å². The Labute approximate surface area is 140 Å². The predicted molar refractivity (Wildman–Crippen MR) is 94.9 cm³/mol. The molecule has 2 aromatic carbocycles. The fraction of sp³-hybridized carbons (Fsp3) is 0.211. The Hall–Kier alpha value is -2.95. The van der Waals surface area contributed by atoms with Gasteiger partial charge in [0.25, 0.3) is 0 Å². The second-order valence-corrected chi connectivity index (χ2v) is 5.57. The molecule has 3 aromatic rings. The summed E-state index contributed by atoms with van der Waals surface area (Å²) in [7, 11) is 3.15. The molecule has 0 saturated carbocycles. The number of ether oxygens (including phenoxy) is 2. The van der Waals surface area contributed by atoms with Crippen molar-refractivity contribution >= 4 is 22.5 Å². The van der Waals surface area contributed by atoms with Crippen molar-refractivity contribution in [3.05, 3.63) is 53.7 Å². The second-order valence-electron chi connectivity index (χ2n) is 5.57. The Morgan fingerprint density at radius 3 is 2.67 bits per heavy atom. The number of para-hydroxylation sites is 1. The van der Waals surface area contributed by atoms with Crippen LogP contribution in [0, 0.1) is 6.92 Å². The maximum Gasteiger partial charge on any atom is 0.228 e. The molecule has 2 N–H and O–H groups in total. The van der Waals surface area contributed by atoms with E-state index in [2.05, 4.69) is 10.3 Å². The van der Waals surface area contributed by atoms with Gasteiger partial charge in [0.1, 0.15) is 11.5 Å². The molecular weight excluding hydrogens is 304 g/mol. The van der Waals surface area contributed by atoms with Gasteiger partial charge < -0.3 is 19.8 Å². The van der Waals surface area contributed by atoms with Crippen LogP contribution in [0.15, 0.2) is 42.5 Å². The van der Waals surface area contributed by atoms with Crippen molar-refractivity contribution in [2.24, 2.45) is 0 Å². The fourth-order valence-corrected chi connectivity index (χ4v) is 2.82. The van der Waals surface area contributed by atoms with Gasteiger partial charge >= 0.3 is 0 Å². The number of aromatic amines is 1. The molecule has 0 unspecified atom stereocenters. The van der Waals surface area contributed by atoms with Gasteiger partial charge in [0, 0.05) is 22.7 Å². The predicted octanol–water partition coefficient (Wildman–Crippen LogP) is 3.67. The molecule has 1 heterocycles. The van der Waals surface area contributed by atoms with Crippen LogP contribution in [0.3, 0.4) is 0 Å². The first-order valence-electron chi connectivity index (χ1n) is 7.70. The van der Waals surface area contributed by atoms with E-state index in [1.807, 2.05) is 31.2 Å². The minimum atomic E-state index is -0.0914. The molecular formula is C19H20N2O3. The Bertz CT molecular complexity index is 883.